The molecule has 98 valence electrons. The third-order valence-electron chi connectivity index (χ3n) is 3.70. The van der Waals surface area contributed by atoms with Gasteiger partial charge in [0.25, 0.3) is 0 Å². The van der Waals surface area contributed by atoms with Crippen LogP contribution in [0.25, 0.3) is 5.70 Å². The zero-order valence-corrected chi connectivity index (χ0v) is 11.2. The molecule has 1 heterocycles. The Morgan fingerprint density at radius 2 is 1.94 bits per heavy atom. The van der Waals surface area contributed by atoms with Crippen LogP contribution in [0.15, 0.2) is 30.8 Å². The highest BCUT2D eigenvalue weighted by Gasteiger charge is 2.16. The topological polar surface area (TPSA) is 41.3 Å². The smallest absolute Gasteiger partial charge is 0.0340 e. The maximum absolute atomic E-state index is 5.68. The van der Waals surface area contributed by atoms with Crippen molar-refractivity contribution in [3.05, 3.63) is 36.4 Å². The minimum absolute atomic E-state index is 0.770. The van der Waals surface area contributed by atoms with Crippen molar-refractivity contribution >= 4 is 11.4 Å². The average molecular weight is 245 g/mol. The van der Waals surface area contributed by atoms with Crippen molar-refractivity contribution in [3.63, 3.8) is 0 Å². The minimum atomic E-state index is 0.770. The summed E-state index contributed by atoms with van der Waals surface area (Å²) in [7, 11) is 2.19. The van der Waals surface area contributed by atoms with E-state index in [1.807, 2.05) is 24.3 Å². The summed E-state index contributed by atoms with van der Waals surface area (Å²) in [6.07, 6.45) is 2.55. The first-order valence-corrected chi connectivity index (χ1v) is 6.62. The number of nitrogens with two attached hydrogens (primary N) is 1. The SMILES string of the molecule is C=C(NCC1CCN(C)CC1)c1ccc(N)cc1. The maximum Gasteiger partial charge on any atom is 0.0340 e. The first-order valence-electron chi connectivity index (χ1n) is 6.62. The van der Waals surface area contributed by atoms with E-state index in [-0.39, 0.29) is 0 Å². The van der Waals surface area contributed by atoms with Gasteiger partial charge in [-0.15, -0.1) is 0 Å². The van der Waals surface area contributed by atoms with Crippen LogP contribution in [0.1, 0.15) is 18.4 Å². The first-order chi connectivity index (χ1) is 8.65. The molecule has 1 aliphatic rings. The van der Waals surface area contributed by atoms with Crippen LogP contribution in [0, 0.1) is 5.92 Å². The lowest BCUT2D eigenvalue weighted by Gasteiger charge is -2.29. The van der Waals surface area contributed by atoms with Gasteiger partial charge in [-0.2, -0.15) is 0 Å². The fourth-order valence-corrected chi connectivity index (χ4v) is 2.32. The van der Waals surface area contributed by atoms with Gasteiger partial charge in [0, 0.05) is 17.9 Å². The largest absolute Gasteiger partial charge is 0.399 e. The molecule has 1 aromatic rings. The molecule has 3 nitrogen and oxygen atoms in total. The molecule has 3 N–H and O–H groups in total. The number of hydrogen-bond donors (Lipinski definition) is 2. The molecule has 2 rings (SSSR count). The van der Waals surface area contributed by atoms with Gasteiger partial charge in [-0.25, -0.2) is 0 Å². The summed E-state index contributed by atoms with van der Waals surface area (Å²) in [5, 5.41) is 3.45. The summed E-state index contributed by atoms with van der Waals surface area (Å²) in [5.74, 6) is 0.770. The van der Waals surface area contributed by atoms with Crippen LogP contribution in [0.2, 0.25) is 0 Å². The van der Waals surface area contributed by atoms with E-state index in [9.17, 15) is 0 Å². The molecule has 1 fully saturated rings. The molecular weight excluding hydrogens is 222 g/mol. The van der Waals surface area contributed by atoms with Gasteiger partial charge in [-0.3, -0.25) is 0 Å². The quantitative estimate of drug-likeness (QED) is 0.799. The molecule has 0 saturated carbocycles. The van der Waals surface area contributed by atoms with E-state index in [1.54, 1.807) is 0 Å². The Labute approximate surface area is 110 Å². The van der Waals surface area contributed by atoms with Crippen molar-refractivity contribution in [3.8, 4) is 0 Å². The zero-order chi connectivity index (χ0) is 13.0. The van der Waals surface area contributed by atoms with E-state index in [1.165, 1.54) is 25.9 Å². The Morgan fingerprint density at radius 1 is 1.33 bits per heavy atom. The molecule has 1 aromatic carbocycles. The van der Waals surface area contributed by atoms with E-state index in [4.69, 9.17) is 5.73 Å². The summed E-state index contributed by atoms with van der Waals surface area (Å²) in [6.45, 7) is 7.53. The van der Waals surface area contributed by atoms with Crippen LogP contribution in [-0.4, -0.2) is 31.6 Å². The molecule has 0 aromatic heterocycles. The monoisotopic (exact) mass is 245 g/mol. The highest BCUT2D eigenvalue weighted by Crippen LogP contribution is 2.17. The average Bonchev–Trinajstić information content (AvgIpc) is 2.38. The van der Waals surface area contributed by atoms with Gasteiger partial charge in [0.05, 0.1) is 0 Å². The minimum Gasteiger partial charge on any atom is -0.399 e. The second-order valence-corrected chi connectivity index (χ2v) is 5.23. The van der Waals surface area contributed by atoms with E-state index >= 15 is 0 Å². The van der Waals surface area contributed by atoms with E-state index in [0.29, 0.717) is 0 Å². The van der Waals surface area contributed by atoms with Crippen LogP contribution < -0.4 is 11.1 Å². The van der Waals surface area contributed by atoms with Gasteiger partial charge in [0.2, 0.25) is 0 Å². The lowest BCUT2D eigenvalue weighted by Crippen LogP contribution is -2.34. The van der Waals surface area contributed by atoms with Gasteiger partial charge in [-0.1, -0.05) is 18.7 Å². The lowest BCUT2D eigenvalue weighted by atomic mass is 9.97. The van der Waals surface area contributed by atoms with E-state index in [2.05, 4.69) is 23.8 Å². The molecule has 3 heteroatoms. The summed E-state index contributed by atoms with van der Waals surface area (Å²) in [4.78, 5) is 2.39. The molecule has 0 amide bonds. The Morgan fingerprint density at radius 3 is 2.56 bits per heavy atom. The molecule has 0 aliphatic carbocycles. The van der Waals surface area contributed by atoms with E-state index < -0.39 is 0 Å². The predicted molar refractivity (Wildman–Crippen MR) is 78.1 cm³/mol. The standard InChI is InChI=1S/C15H23N3/c1-12(14-3-5-15(16)6-4-14)17-11-13-7-9-18(2)10-8-13/h3-6,13,17H,1,7-11,16H2,2H3. The molecule has 0 unspecified atom stereocenters. The fourth-order valence-electron chi connectivity index (χ4n) is 2.32. The molecule has 0 radical (unpaired) electrons. The second kappa shape index (κ2) is 5.91. The Hall–Kier alpha value is -1.48. The number of rotatable bonds is 4. The summed E-state index contributed by atoms with van der Waals surface area (Å²) in [5.41, 5.74) is 8.59. The van der Waals surface area contributed by atoms with Crippen LogP contribution >= 0.6 is 0 Å². The van der Waals surface area contributed by atoms with Crippen molar-refractivity contribution in [2.24, 2.45) is 5.92 Å². The number of piperidine rings is 1. The van der Waals surface area contributed by atoms with Crippen molar-refractivity contribution < 1.29 is 0 Å². The molecule has 18 heavy (non-hydrogen) atoms. The fraction of sp³-hybridized carbons (Fsp3) is 0.467. The number of nitrogens with zero attached hydrogens (tertiary/aromatic N) is 1. The molecule has 0 spiro atoms. The normalized spacial score (nSPS) is 17.6. The molecule has 0 atom stereocenters. The van der Waals surface area contributed by atoms with Crippen LogP contribution in [0.4, 0.5) is 5.69 Å². The van der Waals surface area contributed by atoms with Crippen molar-refractivity contribution in [1.29, 1.82) is 0 Å². The highest BCUT2D eigenvalue weighted by atomic mass is 15.1. The number of hydrogen-bond acceptors (Lipinski definition) is 3. The lowest BCUT2D eigenvalue weighted by molar-refractivity contribution is 0.220. The number of anilines is 1. The Balaban J connectivity index is 1.79. The third kappa shape index (κ3) is 3.50. The second-order valence-electron chi connectivity index (χ2n) is 5.23. The number of likely N-dealkylation sites (tertiary alicyclic amines) is 1. The summed E-state index contributed by atoms with van der Waals surface area (Å²) in [6, 6.07) is 7.86. The predicted octanol–water partition coefficient (Wildman–Crippen LogP) is 2.17. The van der Waals surface area contributed by atoms with Crippen molar-refractivity contribution in [2.45, 2.75) is 12.8 Å². The van der Waals surface area contributed by atoms with Crippen molar-refractivity contribution in [2.75, 3.05) is 32.4 Å². The molecule has 0 bridgehead atoms. The van der Waals surface area contributed by atoms with E-state index in [0.717, 1.165) is 29.4 Å². The summed E-state index contributed by atoms with van der Waals surface area (Å²) < 4.78 is 0. The number of nitrogens with one attached hydrogen (secondary N) is 1. The Bertz CT molecular complexity index is 389. The van der Waals surface area contributed by atoms with Crippen LogP contribution in [0.5, 0.6) is 0 Å². The van der Waals surface area contributed by atoms with Gasteiger partial charge >= 0.3 is 0 Å². The van der Waals surface area contributed by atoms with Gasteiger partial charge < -0.3 is 16.0 Å². The third-order valence-corrected chi connectivity index (χ3v) is 3.70. The van der Waals surface area contributed by atoms with Gasteiger partial charge in [0.15, 0.2) is 0 Å². The number of benzene rings is 1. The highest BCUT2D eigenvalue weighted by molar-refractivity contribution is 5.63. The molecule has 1 saturated heterocycles. The first kappa shape index (κ1) is 13.0. The molecular formula is C15H23N3. The summed E-state index contributed by atoms with van der Waals surface area (Å²) >= 11 is 0. The van der Waals surface area contributed by atoms with Crippen LogP contribution in [0.3, 0.4) is 0 Å². The van der Waals surface area contributed by atoms with Gasteiger partial charge in [-0.05, 0) is 56.6 Å². The van der Waals surface area contributed by atoms with Crippen molar-refractivity contribution in [1.82, 2.24) is 10.2 Å². The number of nitrogen functional groups attached to an aromatic ring is 1. The van der Waals surface area contributed by atoms with Crippen LogP contribution in [-0.2, 0) is 0 Å². The zero-order valence-electron chi connectivity index (χ0n) is 11.2. The van der Waals surface area contributed by atoms with Gasteiger partial charge in [0.1, 0.15) is 0 Å². The Kier molecular flexibility index (Phi) is 4.26. The maximum atomic E-state index is 5.68. The molecule has 1 aliphatic heterocycles.